The molecule has 0 spiro atoms. The molecule has 0 saturated carbocycles. The molecule has 3 unspecified atom stereocenters. The first-order chi connectivity index (χ1) is 28.5. The van der Waals surface area contributed by atoms with E-state index in [4.69, 9.17) is 18.9 Å². The molecule has 4 aliphatic rings. The second-order valence-corrected chi connectivity index (χ2v) is 16.8. The van der Waals surface area contributed by atoms with Crippen molar-refractivity contribution in [3.05, 3.63) is 12.2 Å². The van der Waals surface area contributed by atoms with Gasteiger partial charge in [-0.25, -0.2) is 4.79 Å². The molecule has 0 aromatic heterocycles. The lowest BCUT2D eigenvalue weighted by molar-refractivity contribution is -0.346. The van der Waals surface area contributed by atoms with Crippen LogP contribution in [0, 0.1) is 5.92 Å². The summed E-state index contributed by atoms with van der Waals surface area (Å²) >= 11 is 0. The van der Waals surface area contributed by atoms with Crippen molar-refractivity contribution >= 4 is 23.8 Å². The van der Waals surface area contributed by atoms with Crippen molar-refractivity contribution in [2.45, 2.75) is 196 Å². The summed E-state index contributed by atoms with van der Waals surface area (Å²) < 4.78 is 23.4. The molecule has 4 heterocycles. The SMILES string of the molecule is CC(=O)N[C@H]1C(O[C@@H]2OC(CC(O)[C@H]3O[C@@H](N4CCC(=O)NC4=O)[C@H](O)[C@@H]3O)[C@H](O)[C@H](O)[C@H]2NC(=O)/C=C/CCCCCCCCCCCC(C)C)O[C@H](CO)[C@@H](O)[C@@H]1O. The summed E-state index contributed by atoms with van der Waals surface area (Å²) in [7, 11) is 0. The number of aliphatic hydroxyl groups is 8. The van der Waals surface area contributed by atoms with Gasteiger partial charge < -0.3 is 70.4 Å². The third-order valence-electron chi connectivity index (χ3n) is 11.5. The van der Waals surface area contributed by atoms with Crippen LogP contribution >= 0.6 is 0 Å². The number of imide groups is 1. The molecule has 20 nitrogen and oxygen atoms in total. The zero-order valence-electron chi connectivity index (χ0n) is 34.8. The highest BCUT2D eigenvalue weighted by molar-refractivity contribution is 5.96. The number of nitrogens with one attached hydrogen (secondary N) is 3. The monoisotopic (exact) mass is 860 g/mol. The van der Waals surface area contributed by atoms with Crippen molar-refractivity contribution in [3.8, 4) is 0 Å². The third kappa shape index (κ3) is 13.8. The van der Waals surface area contributed by atoms with E-state index in [-0.39, 0.29) is 13.0 Å². The minimum Gasteiger partial charge on any atom is -0.394 e. The Morgan fingerprint density at radius 1 is 0.800 bits per heavy atom. The van der Waals surface area contributed by atoms with Gasteiger partial charge in [-0.2, -0.15) is 0 Å². The lowest BCUT2D eigenvalue weighted by Crippen LogP contribution is -2.68. The fraction of sp³-hybridized carbons (Fsp3) is 0.850. The Kier molecular flexibility index (Phi) is 20.0. The maximum Gasteiger partial charge on any atom is 0.326 e. The van der Waals surface area contributed by atoms with Crippen LogP contribution in [0.2, 0.25) is 0 Å². The first-order valence-corrected chi connectivity index (χ1v) is 21.4. The number of hydrogen-bond donors (Lipinski definition) is 11. The van der Waals surface area contributed by atoms with Crippen molar-refractivity contribution in [1.29, 1.82) is 0 Å². The third-order valence-corrected chi connectivity index (χ3v) is 11.5. The van der Waals surface area contributed by atoms with Crippen molar-refractivity contribution in [3.63, 3.8) is 0 Å². The highest BCUT2D eigenvalue weighted by Gasteiger charge is 2.54. The molecule has 344 valence electrons. The molecule has 20 heteroatoms. The fourth-order valence-corrected chi connectivity index (χ4v) is 8.02. The first kappa shape index (κ1) is 49.8. The maximum atomic E-state index is 13.2. The van der Waals surface area contributed by atoms with E-state index in [9.17, 15) is 60.0 Å². The molecule has 4 aliphatic heterocycles. The number of allylic oxidation sites excluding steroid dienone is 1. The van der Waals surface area contributed by atoms with Gasteiger partial charge in [0.25, 0.3) is 0 Å². The second-order valence-electron chi connectivity index (χ2n) is 16.8. The van der Waals surface area contributed by atoms with Crippen LogP contribution in [-0.2, 0) is 33.3 Å². The maximum absolute atomic E-state index is 13.2. The van der Waals surface area contributed by atoms with Gasteiger partial charge in [0.2, 0.25) is 17.7 Å². The van der Waals surface area contributed by atoms with Gasteiger partial charge in [0.05, 0.1) is 18.8 Å². The Hall–Kier alpha value is -2.86. The predicted octanol–water partition coefficient (Wildman–Crippen LogP) is -1.48. The first-order valence-electron chi connectivity index (χ1n) is 21.4. The van der Waals surface area contributed by atoms with Crippen LogP contribution in [0.4, 0.5) is 4.79 Å². The molecule has 0 radical (unpaired) electrons. The summed E-state index contributed by atoms with van der Waals surface area (Å²) in [4.78, 5) is 50.3. The summed E-state index contributed by atoms with van der Waals surface area (Å²) in [6.07, 6.45) is -7.09. The number of rotatable bonds is 22. The van der Waals surface area contributed by atoms with Crippen molar-refractivity contribution in [2.24, 2.45) is 5.92 Å². The standard InChI is InChI=1S/C40H68N4O16/c1-21(2)15-13-11-9-7-5-4-6-8-10-12-14-16-26(48)42-29-33(53)30(50)24(57-39(29)60-38-28(41-22(3)46)32(52)31(51)25(20-45)58-38)19-23(47)36-34(54)35(55)37(59-36)44-18-17-27(49)43-40(44)56/h14,16,21,23-25,28-39,45,47,50-55H,4-13,15,17-20H2,1-3H3,(H,41,46)(H,42,48)(H,43,49,56)/b16-14+/t23?,24?,25-,28-,29-,30+,31-,32-,33-,34+,35-,36-,37-,38?,39+/m1/s1. The lowest BCUT2D eigenvalue weighted by Gasteiger charge is -2.47. The van der Waals surface area contributed by atoms with E-state index in [0.29, 0.717) is 6.42 Å². The summed E-state index contributed by atoms with van der Waals surface area (Å²) in [5, 5.41) is 93.7. The number of amides is 5. The highest BCUT2D eigenvalue weighted by Crippen LogP contribution is 2.33. The molecule has 4 saturated heterocycles. The molecule has 0 bridgehead atoms. The second kappa shape index (κ2) is 24.1. The molecular formula is C40H68N4O16. The van der Waals surface area contributed by atoms with Gasteiger partial charge in [-0.1, -0.05) is 77.7 Å². The molecule has 0 aromatic rings. The molecule has 60 heavy (non-hydrogen) atoms. The molecule has 15 atom stereocenters. The molecule has 4 fully saturated rings. The van der Waals surface area contributed by atoms with E-state index < -0.39 is 129 Å². The Morgan fingerprint density at radius 2 is 1.37 bits per heavy atom. The number of hydrogen-bond acceptors (Lipinski definition) is 16. The summed E-state index contributed by atoms with van der Waals surface area (Å²) in [6.45, 7) is 4.71. The molecule has 4 rings (SSSR count). The van der Waals surface area contributed by atoms with Crippen LogP contribution in [0.5, 0.6) is 0 Å². The van der Waals surface area contributed by atoms with Crippen LogP contribution in [0.1, 0.15) is 104 Å². The summed E-state index contributed by atoms with van der Waals surface area (Å²) in [5.74, 6) is -1.13. The van der Waals surface area contributed by atoms with Gasteiger partial charge in [0, 0.05) is 26.3 Å². The molecule has 0 aromatic carbocycles. The Labute approximate surface area is 350 Å². The van der Waals surface area contributed by atoms with Crippen LogP contribution < -0.4 is 16.0 Å². The van der Waals surface area contributed by atoms with Crippen LogP contribution in [0.15, 0.2) is 12.2 Å². The number of nitrogens with zero attached hydrogens (tertiary/aromatic N) is 1. The largest absolute Gasteiger partial charge is 0.394 e. The number of aliphatic hydroxyl groups excluding tert-OH is 8. The minimum absolute atomic E-state index is 0.0991. The number of urea groups is 1. The van der Waals surface area contributed by atoms with Gasteiger partial charge in [0.1, 0.15) is 60.9 Å². The Balaban J connectivity index is 1.40. The van der Waals surface area contributed by atoms with E-state index in [2.05, 4.69) is 29.8 Å². The highest BCUT2D eigenvalue weighted by atomic mass is 16.8. The summed E-state index contributed by atoms with van der Waals surface area (Å²) in [6, 6.07) is -3.86. The number of ether oxygens (including phenoxy) is 4. The van der Waals surface area contributed by atoms with E-state index >= 15 is 0 Å². The van der Waals surface area contributed by atoms with E-state index in [1.54, 1.807) is 6.08 Å². The van der Waals surface area contributed by atoms with E-state index in [1.807, 2.05) is 0 Å². The van der Waals surface area contributed by atoms with Gasteiger partial charge in [0.15, 0.2) is 18.8 Å². The Bertz CT molecular complexity index is 1410. The quantitative estimate of drug-likeness (QED) is 0.0437. The fourth-order valence-electron chi connectivity index (χ4n) is 8.02. The predicted molar refractivity (Wildman–Crippen MR) is 210 cm³/mol. The molecule has 5 amide bonds. The molecular weight excluding hydrogens is 792 g/mol. The van der Waals surface area contributed by atoms with E-state index in [1.165, 1.54) is 44.6 Å². The van der Waals surface area contributed by atoms with Crippen molar-refractivity contribution in [1.82, 2.24) is 20.9 Å². The van der Waals surface area contributed by atoms with E-state index in [0.717, 1.165) is 43.4 Å². The number of unbranched alkanes of at least 4 members (excludes halogenated alkanes) is 9. The van der Waals surface area contributed by atoms with Crippen LogP contribution in [0.25, 0.3) is 0 Å². The zero-order valence-corrected chi connectivity index (χ0v) is 34.8. The zero-order chi connectivity index (χ0) is 44.1. The average molecular weight is 861 g/mol. The van der Waals surface area contributed by atoms with Crippen LogP contribution in [-0.4, -0.2) is 175 Å². The normalized spacial score (nSPS) is 35.5. The summed E-state index contributed by atoms with van der Waals surface area (Å²) in [5.41, 5.74) is 0. The van der Waals surface area contributed by atoms with Crippen molar-refractivity contribution in [2.75, 3.05) is 13.2 Å². The van der Waals surface area contributed by atoms with Gasteiger partial charge >= 0.3 is 6.03 Å². The molecule has 11 N–H and O–H groups in total. The Morgan fingerprint density at radius 3 is 1.95 bits per heavy atom. The smallest absolute Gasteiger partial charge is 0.326 e. The number of carbonyl (C=O) groups excluding carboxylic acids is 4. The lowest BCUT2D eigenvalue weighted by atomic mass is 9.91. The minimum atomic E-state index is -1.84. The average Bonchev–Trinajstić information content (AvgIpc) is 3.49. The topological polar surface area (TPSA) is 306 Å². The van der Waals surface area contributed by atoms with Crippen LogP contribution in [0.3, 0.4) is 0 Å². The number of carbonyl (C=O) groups is 4. The molecule has 0 aliphatic carbocycles. The van der Waals surface area contributed by atoms with Gasteiger partial charge in [-0.3, -0.25) is 24.6 Å². The van der Waals surface area contributed by atoms with Gasteiger partial charge in [-0.05, 0) is 24.8 Å². The van der Waals surface area contributed by atoms with Gasteiger partial charge in [-0.15, -0.1) is 0 Å². The van der Waals surface area contributed by atoms with Crippen molar-refractivity contribution < 1.29 is 79.0 Å².